The van der Waals surface area contributed by atoms with Gasteiger partial charge in [0, 0.05) is 38.2 Å². The van der Waals surface area contributed by atoms with Gasteiger partial charge in [-0.3, -0.25) is 4.79 Å². The summed E-state index contributed by atoms with van der Waals surface area (Å²) in [5.74, 6) is 0.993. The van der Waals surface area contributed by atoms with Gasteiger partial charge < -0.3 is 20.1 Å². The van der Waals surface area contributed by atoms with Gasteiger partial charge in [0.15, 0.2) is 0 Å². The highest BCUT2D eigenvalue weighted by Gasteiger charge is 2.36. The van der Waals surface area contributed by atoms with Gasteiger partial charge in [-0.15, -0.1) is 0 Å². The van der Waals surface area contributed by atoms with Gasteiger partial charge in [0.05, 0.1) is 7.11 Å². The second-order valence-corrected chi connectivity index (χ2v) is 4.96. The Balaban J connectivity index is 2.13. The maximum Gasteiger partial charge on any atom is 0.251 e. The molecule has 2 heterocycles. The molecule has 3 rings (SSSR count). The van der Waals surface area contributed by atoms with Crippen molar-refractivity contribution in [2.45, 2.75) is 6.10 Å². The molecular weight excluding hydrogens is 244 g/mol. The Kier molecular flexibility index (Phi) is 3.16. The summed E-state index contributed by atoms with van der Waals surface area (Å²) in [5.41, 5.74) is 2.96. The van der Waals surface area contributed by atoms with Crippen LogP contribution in [0.15, 0.2) is 34.6 Å². The molecule has 0 aromatic rings. The van der Waals surface area contributed by atoms with Gasteiger partial charge in [0.25, 0.3) is 5.91 Å². The Hall–Kier alpha value is -1.59. The lowest BCUT2D eigenvalue weighted by atomic mass is 9.87. The van der Waals surface area contributed by atoms with Crippen molar-refractivity contribution in [2.75, 3.05) is 33.9 Å². The molecule has 0 unspecified atom stereocenters. The van der Waals surface area contributed by atoms with Crippen LogP contribution in [0.25, 0.3) is 0 Å². The zero-order valence-electron chi connectivity index (χ0n) is 11.2. The van der Waals surface area contributed by atoms with Crippen LogP contribution in [-0.2, 0) is 14.3 Å². The molecule has 2 aliphatic heterocycles. The summed E-state index contributed by atoms with van der Waals surface area (Å²) < 4.78 is 10.8. The molecule has 5 heteroatoms. The molecule has 0 bridgehead atoms. The van der Waals surface area contributed by atoms with Crippen LogP contribution in [0.3, 0.4) is 0 Å². The highest BCUT2D eigenvalue weighted by atomic mass is 16.5. The van der Waals surface area contributed by atoms with E-state index in [1.165, 1.54) is 5.57 Å². The number of rotatable bonds is 2. The average Bonchev–Trinajstić information content (AvgIpc) is 2.86. The maximum atomic E-state index is 12.2. The number of hydrogen-bond acceptors (Lipinski definition) is 4. The molecule has 1 aliphatic carbocycles. The third kappa shape index (κ3) is 1.99. The predicted molar refractivity (Wildman–Crippen MR) is 70.4 cm³/mol. The molecule has 1 saturated heterocycles. The van der Waals surface area contributed by atoms with E-state index >= 15 is 0 Å². The molecule has 0 spiro atoms. The first kappa shape index (κ1) is 12.4. The van der Waals surface area contributed by atoms with E-state index in [1.807, 2.05) is 6.08 Å². The molecule has 2 N–H and O–H groups in total. The number of ether oxygens (including phenoxy) is 2. The Labute approximate surface area is 112 Å². The molecule has 0 aromatic carbocycles. The van der Waals surface area contributed by atoms with Gasteiger partial charge in [-0.1, -0.05) is 0 Å². The number of nitrogens with one attached hydrogen (secondary N) is 2. The van der Waals surface area contributed by atoms with Crippen molar-refractivity contribution in [3.63, 3.8) is 0 Å². The van der Waals surface area contributed by atoms with Crippen LogP contribution >= 0.6 is 0 Å². The Morgan fingerprint density at radius 1 is 1.32 bits per heavy atom. The number of amides is 1. The molecule has 1 fully saturated rings. The van der Waals surface area contributed by atoms with Gasteiger partial charge in [-0.05, 0) is 23.3 Å². The summed E-state index contributed by atoms with van der Waals surface area (Å²) in [5, 5.41) is 6.34. The largest absolute Gasteiger partial charge is 0.497 e. The average molecular weight is 262 g/mol. The Morgan fingerprint density at radius 3 is 2.89 bits per heavy atom. The van der Waals surface area contributed by atoms with E-state index in [0.29, 0.717) is 23.8 Å². The SMILES string of the molecule is COC1=C[C@@H](OC)C2=C3CNC[C@H]3CNC(=O)C2=C1. The van der Waals surface area contributed by atoms with E-state index in [1.54, 1.807) is 20.3 Å². The van der Waals surface area contributed by atoms with Gasteiger partial charge >= 0.3 is 0 Å². The minimum atomic E-state index is -0.212. The van der Waals surface area contributed by atoms with E-state index in [-0.39, 0.29) is 12.0 Å². The zero-order valence-corrected chi connectivity index (χ0v) is 11.2. The topological polar surface area (TPSA) is 59.6 Å². The fourth-order valence-corrected chi connectivity index (χ4v) is 2.98. The summed E-state index contributed by atoms with van der Waals surface area (Å²) in [7, 11) is 3.26. The number of methoxy groups -OCH3 is 2. The number of allylic oxidation sites excluding steroid dienone is 1. The number of hydrogen-bond donors (Lipinski definition) is 2. The summed E-state index contributed by atoms with van der Waals surface area (Å²) in [6.45, 7) is 2.41. The number of carbonyl (C=O) groups excluding carboxylic acids is 1. The smallest absolute Gasteiger partial charge is 0.251 e. The van der Waals surface area contributed by atoms with Crippen molar-refractivity contribution < 1.29 is 14.3 Å². The molecule has 5 nitrogen and oxygen atoms in total. The molecule has 19 heavy (non-hydrogen) atoms. The van der Waals surface area contributed by atoms with Crippen LogP contribution in [0.5, 0.6) is 0 Å². The summed E-state index contributed by atoms with van der Waals surface area (Å²) in [6.07, 6.45) is 3.50. The van der Waals surface area contributed by atoms with E-state index < -0.39 is 0 Å². The van der Waals surface area contributed by atoms with Crippen LogP contribution in [0.1, 0.15) is 0 Å². The van der Waals surface area contributed by atoms with Gasteiger partial charge in [-0.25, -0.2) is 0 Å². The molecule has 3 aliphatic rings. The lowest BCUT2D eigenvalue weighted by Crippen LogP contribution is -2.31. The first-order chi connectivity index (χ1) is 9.24. The quantitative estimate of drug-likeness (QED) is 0.742. The fourth-order valence-electron chi connectivity index (χ4n) is 2.98. The maximum absolute atomic E-state index is 12.2. The zero-order chi connectivity index (χ0) is 13.4. The van der Waals surface area contributed by atoms with Crippen molar-refractivity contribution in [3.8, 4) is 0 Å². The highest BCUT2D eigenvalue weighted by molar-refractivity contribution is 6.00. The molecule has 2 atom stereocenters. The van der Waals surface area contributed by atoms with E-state index in [9.17, 15) is 4.79 Å². The fraction of sp³-hybridized carbons (Fsp3) is 0.500. The monoisotopic (exact) mass is 262 g/mol. The Bertz CT molecular complexity index is 505. The third-order valence-corrected chi connectivity index (χ3v) is 3.97. The standard InChI is InChI=1S/C14H18N2O3/c1-18-9-3-10-13(12(4-9)19-2)11-7-15-5-8(11)6-16-14(10)17/h3-4,8,12,15H,5-7H2,1-2H3,(H,16,17)/t8-,12+/m0/s1. The molecule has 0 radical (unpaired) electrons. The van der Waals surface area contributed by atoms with Crippen LogP contribution in [0.4, 0.5) is 0 Å². The normalized spacial score (nSPS) is 29.9. The van der Waals surface area contributed by atoms with Crippen molar-refractivity contribution in [2.24, 2.45) is 5.92 Å². The molecular formula is C14H18N2O3. The minimum Gasteiger partial charge on any atom is -0.497 e. The molecule has 0 saturated carbocycles. The van der Waals surface area contributed by atoms with Crippen molar-refractivity contribution in [3.05, 3.63) is 34.6 Å². The minimum absolute atomic E-state index is 0.0402. The Morgan fingerprint density at radius 2 is 2.16 bits per heavy atom. The van der Waals surface area contributed by atoms with Gasteiger partial charge in [0.1, 0.15) is 11.9 Å². The van der Waals surface area contributed by atoms with Crippen LogP contribution < -0.4 is 10.6 Å². The first-order valence-corrected chi connectivity index (χ1v) is 6.47. The molecule has 1 amide bonds. The van der Waals surface area contributed by atoms with Crippen LogP contribution in [0.2, 0.25) is 0 Å². The summed E-state index contributed by atoms with van der Waals surface area (Å²) in [6, 6.07) is 0. The van der Waals surface area contributed by atoms with E-state index in [2.05, 4.69) is 10.6 Å². The second kappa shape index (κ2) is 4.83. The summed E-state index contributed by atoms with van der Waals surface area (Å²) in [4.78, 5) is 12.2. The van der Waals surface area contributed by atoms with Crippen molar-refractivity contribution in [1.82, 2.24) is 10.6 Å². The number of carbonyl (C=O) groups is 1. The number of fused-ring (bicyclic) bond motifs is 2. The predicted octanol–water partition coefficient (Wildman–Crippen LogP) is 0.118. The molecule has 102 valence electrons. The molecule has 0 aromatic heterocycles. The van der Waals surface area contributed by atoms with Gasteiger partial charge in [0.2, 0.25) is 0 Å². The lowest BCUT2D eigenvalue weighted by Gasteiger charge is -2.24. The van der Waals surface area contributed by atoms with Crippen molar-refractivity contribution >= 4 is 5.91 Å². The second-order valence-electron chi connectivity index (χ2n) is 4.96. The van der Waals surface area contributed by atoms with E-state index in [4.69, 9.17) is 9.47 Å². The highest BCUT2D eigenvalue weighted by Crippen LogP contribution is 2.34. The van der Waals surface area contributed by atoms with Crippen molar-refractivity contribution in [1.29, 1.82) is 0 Å². The third-order valence-electron chi connectivity index (χ3n) is 3.97. The van der Waals surface area contributed by atoms with Gasteiger partial charge in [-0.2, -0.15) is 0 Å². The van der Waals surface area contributed by atoms with Crippen LogP contribution in [0, 0.1) is 5.92 Å². The first-order valence-electron chi connectivity index (χ1n) is 6.47. The van der Waals surface area contributed by atoms with Crippen LogP contribution in [-0.4, -0.2) is 45.9 Å². The summed E-state index contributed by atoms with van der Waals surface area (Å²) >= 11 is 0. The van der Waals surface area contributed by atoms with E-state index in [0.717, 1.165) is 18.7 Å². The lowest BCUT2D eigenvalue weighted by molar-refractivity contribution is -0.117.